The van der Waals surface area contributed by atoms with E-state index in [1.54, 1.807) is 38.4 Å². The highest BCUT2D eigenvalue weighted by molar-refractivity contribution is 5.99. The van der Waals surface area contributed by atoms with E-state index in [0.29, 0.717) is 30.8 Å². The van der Waals surface area contributed by atoms with Gasteiger partial charge >= 0.3 is 0 Å². The van der Waals surface area contributed by atoms with Crippen molar-refractivity contribution < 1.29 is 14.4 Å². The minimum Gasteiger partial charge on any atom is -0.354 e. The van der Waals surface area contributed by atoms with Crippen LogP contribution in [-0.2, 0) is 4.79 Å². The molecule has 2 aliphatic rings. The van der Waals surface area contributed by atoms with E-state index >= 15 is 0 Å². The summed E-state index contributed by atoms with van der Waals surface area (Å²) in [5.74, 6) is 0.154. The molecule has 7 nitrogen and oxygen atoms in total. The quantitative estimate of drug-likeness (QED) is 0.754. The zero-order valence-corrected chi connectivity index (χ0v) is 18.0. The Bertz CT molecular complexity index is 734. The van der Waals surface area contributed by atoms with Gasteiger partial charge < -0.3 is 20.4 Å². The molecule has 0 saturated carbocycles. The maximum absolute atomic E-state index is 12.9. The summed E-state index contributed by atoms with van der Waals surface area (Å²) in [5, 5.41) is 6.25. The van der Waals surface area contributed by atoms with Crippen LogP contribution in [0.5, 0.6) is 0 Å². The van der Waals surface area contributed by atoms with Gasteiger partial charge in [-0.05, 0) is 56.3 Å². The van der Waals surface area contributed by atoms with Crippen LogP contribution in [0.15, 0.2) is 24.3 Å². The normalized spacial score (nSPS) is 21.2. The molecule has 1 aromatic carbocycles. The molecule has 0 bridgehead atoms. The lowest BCUT2D eigenvalue weighted by molar-refractivity contribution is -0.123. The van der Waals surface area contributed by atoms with E-state index in [-0.39, 0.29) is 42.1 Å². The van der Waals surface area contributed by atoms with E-state index in [9.17, 15) is 14.4 Å². The number of rotatable bonds is 5. The molecule has 2 unspecified atom stereocenters. The lowest BCUT2D eigenvalue weighted by atomic mass is 9.97. The summed E-state index contributed by atoms with van der Waals surface area (Å²) >= 11 is 0. The van der Waals surface area contributed by atoms with Gasteiger partial charge in [-0.1, -0.05) is 6.07 Å². The second-order valence-corrected chi connectivity index (χ2v) is 7.93. The zero-order chi connectivity index (χ0) is 20.1. The molecule has 3 amide bonds. The number of carbonyl (C=O) groups excluding carboxylic acids is 3. The Morgan fingerprint density at radius 3 is 2.62 bits per heavy atom. The van der Waals surface area contributed by atoms with E-state index in [1.807, 2.05) is 4.90 Å². The van der Waals surface area contributed by atoms with Gasteiger partial charge in [-0.2, -0.15) is 0 Å². The Hall–Kier alpha value is -2.12. The molecule has 2 atom stereocenters. The molecule has 160 valence electrons. The Kier molecular flexibility index (Phi) is 8.46. The van der Waals surface area contributed by atoms with Gasteiger partial charge in [0.15, 0.2) is 0 Å². The molecular weight excluding hydrogens is 392 g/mol. The average molecular weight is 423 g/mol. The summed E-state index contributed by atoms with van der Waals surface area (Å²) in [5.41, 5.74) is 1.05. The third-order valence-corrected chi connectivity index (χ3v) is 5.51. The molecule has 0 spiro atoms. The molecule has 3 rings (SSSR count). The number of piperidine rings is 1. The van der Waals surface area contributed by atoms with Gasteiger partial charge in [0.1, 0.15) is 0 Å². The second-order valence-electron chi connectivity index (χ2n) is 7.93. The highest BCUT2D eigenvalue weighted by Gasteiger charge is 2.27. The minimum atomic E-state index is -0.116. The summed E-state index contributed by atoms with van der Waals surface area (Å²) in [6, 6.07) is 6.83. The van der Waals surface area contributed by atoms with E-state index in [1.165, 1.54) is 4.90 Å². The summed E-state index contributed by atoms with van der Waals surface area (Å²) in [6.45, 7) is 2.83. The highest BCUT2D eigenvalue weighted by Crippen LogP contribution is 2.19. The SMILES string of the molecule is CN(C)C(=O)c1cccc(C(=O)N2CCCC(CNC(=O)C3CCCN3)C2)c1.Cl. The number of amides is 3. The van der Waals surface area contributed by atoms with Crippen molar-refractivity contribution >= 4 is 30.1 Å². The van der Waals surface area contributed by atoms with Crippen molar-refractivity contribution in [3.63, 3.8) is 0 Å². The molecule has 2 saturated heterocycles. The van der Waals surface area contributed by atoms with Crippen LogP contribution in [0.4, 0.5) is 0 Å². The lowest BCUT2D eigenvalue weighted by Gasteiger charge is -2.33. The predicted octanol–water partition coefficient (Wildman–Crippen LogP) is 1.53. The molecule has 29 heavy (non-hydrogen) atoms. The van der Waals surface area contributed by atoms with E-state index in [0.717, 1.165) is 32.2 Å². The lowest BCUT2D eigenvalue weighted by Crippen LogP contribution is -2.46. The molecule has 2 fully saturated rings. The average Bonchev–Trinajstić information content (AvgIpc) is 3.26. The Labute approximate surface area is 178 Å². The number of hydrogen-bond acceptors (Lipinski definition) is 4. The van der Waals surface area contributed by atoms with Crippen molar-refractivity contribution in [2.75, 3.05) is 40.3 Å². The molecule has 0 radical (unpaired) electrons. The number of likely N-dealkylation sites (tertiary alicyclic amines) is 1. The number of carbonyl (C=O) groups is 3. The number of nitrogens with one attached hydrogen (secondary N) is 2. The van der Waals surface area contributed by atoms with Gasteiger partial charge in [0.05, 0.1) is 6.04 Å². The molecule has 2 aliphatic heterocycles. The van der Waals surface area contributed by atoms with Crippen LogP contribution < -0.4 is 10.6 Å². The van der Waals surface area contributed by atoms with Gasteiger partial charge in [0, 0.05) is 44.9 Å². The molecule has 2 N–H and O–H groups in total. The smallest absolute Gasteiger partial charge is 0.253 e. The van der Waals surface area contributed by atoms with Crippen molar-refractivity contribution in [3.8, 4) is 0 Å². The van der Waals surface area contributed by atoms with Crippen molar-refractivity contribution in [3.05, 3.63) is 35.4 Å². The van der Waals surface area contributed by atoms with Crippen molar-refractivity contribution in [1.82, 2.24) is 20.4 Å². The van der Waals surface area contributed by atoms with Crippen LogP contribution in [0.1, 0.15) is 46.4 Å². The predicted molar refractivity (Wildman–Crippen MR) is 114 cm³/mol. The fraction of sp³-hybridized carbons (Fsp3) is 0.571. The maximum Gasteiger partial charge on any atom is 0.253 e. The highest BCUT2D eigenvalue weighted by atomic mass is 35.5. The van der Waals surface area contributed by atoms with Gasteiger partial charge in [-0.15, -0.1) is 12.4 Å². The first-order valence-corrected chi connectivity index (χ1v) is 10.1. The van der Waals surface area contributed by atoms with Crippen LogP contribution in [0.3, 0.4) is 0 Å². The van der Waals surface area contributed by atoms with Gasteiger partial charge in [-0.3, -0.25) is 14.4 Å². The number of benzene rings is 1. The molecule has 2 heterocycles. The Morgan fingerprint density at radius 2 is 1.93 bits per heavy atom. The topological polar surface area (TPSA) is 81.8 Å². The third kappa shape index (κ3) is 5.93. The largest absolute Gasteiger partial charge is 0.354 e. The second kappa shape index (κ2) is 10.6. The summed E-state index contributed by atoms with van der Waals surface area (Å²) in [7, 11) is 3.39. The van der Waals surface area contributed by atoms with Gasteiger partial charge in [0.2, 0.25) is 5.91 Å². The van der Waals surface area contributed by atoms with Gasteiger partial charge in [-0.25, -0.2) is 0 Å². The standard InChI is InChI=1S/C21H30N4O3.ClH/c1-24(2)20(27)16-7-3-8-17(12-16)21(28)25-11-5-6-15(14-25)13-23-19(26)18-9-4-10-22-18;/h3,7-8,12,15,18,22H,4-6,9-11,13-14H2,1-2H3,(H,23,26);1H. The zero-order valence-electron chi connectivity index (χ0n) is 17.1. The molecule has 1 aromatic rings. The fourth-order valence-electron chi connectivity index (χ4n) is 3.92. The maximum atomic E-state index is 12.9. The molecule has 0 aliphatic carbocycles. The first-order chi connectivity index (χ1) is 13.5. The van der Waals surface area contributed by atoms with Crippen LogP contribution in [0.2, 0.25) is 0 Å². The number of nitrogens with zero attached hydrogens (tertiary/aromatic N) is 2. The third-order valence-electron chi connectivity index (χ3n) is 5.51. The van der Waals surface area contributed by atoms with Crippen LogP contribution in [0.25, 0.3) is 0 Å². The van der Waals surface area contributed by atoms with E-state index in [2.05, 4.69) is 10.6 Å². The van der Waals surface area contributed by atoms with Crippen molar-refractivity contribution in [2.45, 2.75) is 31.7 Å². The number of hydrogen-bond donors (Lipinski definition) is 2. The molecule has 8 heteroatoms. The Morgan fingerprint density at radius 1 is 1.17 bits per heavy atom. The number of halogens is 1. The monoisotopic (exact) mass is 422 g/mol. The van der Waals surface area contributed by atoms with Crippen LogP contribution in [0, 0.1) is 5.92 Å². The molecular formula is C21H31ClN4O3. The summed E-state index contributed by atoms with van der Waals surface area (Å²) in [6.07, 6.45) is 3.86. The van der Waals surface area contributed by atoms with E-state index in [4.69, 9.17) is 0 Å². The van der Waals surface area contributed by atoms with Crippen molar-refractivity contribution in [2.24, 2.45) is 5.92 Å². The first-order valence-electron chi connectivity index (χ1n) is 10.1. The van der Waals surface area contributed by atoms with Crippen LogP contribution >= 0.6 is 12.4 Å². The summed E-state index contributed by atoms with van der Waals surface area (Å²) < 4.78 is 0. The van der Waals surface area contributed by atoms with E-state index < -0.39 is 0 Å². The van der Waals surface area contributed by atoms with Crippen LogP contribution in [-0.4, -0.2) is 73.8 Å². The first kappa shape index (κ1) is 23.2. The van der Waals surface area contributed by atoms with Gasteiger partial charge in [0.25, 0.3) is 11.8 Å². The Balaban J connectivity index is 0.00000300. The molecule has 0 aromatic heterocycles. The fourth-order valence-corrected chi connectivity index (χ4v) is 3.92. The summed E-state index contributed by atoms with van der Waals surface area (Å²) in [4.78, 5) is 40.6. The minimum absolute atomic E-state index is 0. The van der Waals surface area contributed by atoms with Crippen molar-refractivity contribution in [1.29, 1.82) is 0 Å².